The van der Waals surface area contributed by atoms with Crippen LogP contribution in [0.2, 0.25) is 0 Å². The van der Waals surface area contributed by atoms with E-state index in [1.54, 1.807) is 6.92 Å². The Balaban J connectivity index is 0. The average Bonchev–Trinajstić information content (AvgIpc) is 2.17. The van der Waals surface area contributed by atoms with Gasteiger partial charge < -0.3 is 15.2 Å². The minimum absolute atomic E-state index is 0.356. The summed E-state index contributed by atoms with van der Waals surface area (Å²) in [6.07, 6.45) is 3.10. The van der Waals surface area contributed by atoms with E-state index in [0.717, 1.165) is 13.2 Å². The molecule has 0 aliphatic rings. The van der Waals surface area contributed by atoms with Gasteiger partial charge in [0.1, 0.15) is 0 Å². The van der Waals surface area contributed by atoms with E-state index >= 15 is 0 Å². The van der Waals surface area contributed by atoms with E-state index in [1.165, 1.54) is 19.3 Å². The van der Waals surface area contributed by atoms with E-state index in [4.69, 9.17) is 4.74 Å². The Morgan fingerprint density at radius 1 is 1.25 bits per heavy atom. The molecule has 0 aromatic carbocycles. The van der Waals surface area contributed by atoms with Crippen LogP contribution in [0.5, 0.6) is 0 Å². The second-order valence-electron chi connectivity index (χ2n) is 3.93. The van der Waals surface area contributed by atoms with E-state index < -0.39 is 6.09 Å². The van der Waals surface area contributed by atoms with Crippen LogP contribution in [0.25, 0.3) is 0 Å². The zero-order valence-electron chi connectivity index (χ0n) is 11.1. The second kappa shape index (κ2) is 14.2. The molecule has 0 aliphatic carbocycles. The largest absolute Gasteiger partial charge is 0.450 e. The quantitative estimate of drug-likeness (QED) is 0.688. The molecule has 4 heteroatoms. The summed E-state index contributed by atoms with van der Waals surface area (Å²) in [7, 11) is 0. The summed E-state index contributed by atoms with van der Waals surface area (Å²) in [5.41, 5.74) is 4.54. The van der Waals surface area contributed by atoms with Gasteiger partial charge in [0.25, 0.3) is 0 Å². The number of carbonyl (C=O) groups is 1. The lowest BCUT2D eigenvalue weighted by molar-refractivity contribution is 0.106. The molecule has 16 heavy (non-hydrogen) atoms. The number of ether oxygens (including phenoxy) is 2. The maximum Gasteiger partial charge on any atom is 0.404 e. The van der Waals surface area contributed by atoms with Gasteiger partial charge in [0.15, 0.2) is 0 Å². The average molecular weight is 233 g/mol. The number of hydrogen-bond acceptors (Lipinski definition) is 3. The Morgan fingerprint density at radius 2 is 1.88 bits per heavy atom. The smallest absolute Gasteiger partial charge is 0.404 e. The van der Waals surface area contributed by atoms with Crippen LogP contribution in [0.15, 0.2) is 0 Å². The SMILES string of the molecule is CCCCCOCC(C)C.CCOC(N)=O. The van der Waals surface area contributed by atoms with Gasteiger partial charge in [0.05, 0.1) is 6.61 Å². The normalized spacial score (nSPS) is 9.56. The van der Waals surface area contributed by atoms with E-state index in [0.29, 0.717) is 12.5 Å². The third kappa shape index (κ3) is 23.2. The Bertz CT molecular complexity index is 149. The molecule has 0 radical (unpaired) electrons. The van der Waals surface area contributed by atoms with Gasteiger partial charge in [-0.1, -0.05) is 33.6 Å². The van der Waals surface area contributed by atoms with Crippen molar-refractivity contribution in [3.05, 3.63) is 0 Å². The third-order valence-corrected chi connectivity index (χ3v) is 1.63. The Morgan fingerprint density at radius 3 is 2.19 bits per heavy atom. The van der Waals surface area contributed by atoms with Gasteiger partial charge in [-0.05, 0) is 19.3 Å². The molecule has 0 spiro atoms. The lowest BCUT2D eigenvalue weighted by atomic mass is 10.2. The van der Waals surface area contributed by atoms with Crippen molar-refractivity contribution in [1.82, 2.24) is 0 Å². The number of rotatable bonds is 7. The molecule has 0 bridgehead atoms. The third-order valence-electron chi connectivity index (χ3n) is 1.63. The van der Waals surface area contributed by atoms with Crippen molar-refractivity contribution in [2.24, 2.45) is 11.7 Å². The summed E-state index contributed by atoms with van der Waals surface area (Å²) in [6, 6.07) is 0. The van der Waals surface area contributed by atoms with Gasteiger partial charge in [-0.2, -0.15) is 0 Å². The van der Waals surface area contributed by atoms with Crippen LogP contribution in [0.1, 0.15) is 47.0 Å². The molecule has 0 saturated heterocycles. The molecule has 98 valence electrons. The zero-order valence-corrected chi connectivity index (χ0v) is 11.1. The number of hydrogen-bond donors (Lipinski definition) is 1. The molecule has 1 amide bonds. The fourth-order valence-corrected chi connectivity index (χ4v) is 0.915. The van der Waals surface area contributed by atoms with E-state index in [1.807, 2.05) is 0 Å². The molecule has 0 fully saturated rings. The van der Waals surface area contributed by atoms with Crippen molar-refractivity contribution >= 4 is 6.09 Å². The zero-order chi connectivity index (χ0) is 12.8. The minimum Gasteiger partial charge on any atom is -0.450 e. The first kappa shape index (κ1) is 17.6. The molecular weight excluding hydrogens is 206 g/mol. The van der Waals surface area contributed by atoms with Crippen molar-refractivity contribution in [3.63, 3.8) is 0 Å². The van der Waals surface area contributed by atoms with Crippen LogP contribution in [0.4, 0.5) is 4.79 Å². The monoisotopic (exact) mass is 233 g/mol. The van der Waals surface area contributed by atoms with E-state index in [-0.39, 0.29) is 0 Å². The van der Waals surface area contributed by atoms with Gasteiger partial charge in [0, 0.05) is 13.2 Å². The van der Waals surface area contributed by atoms with E-state index in [9.17, 15) is 4.79 Å². The van der Waals surface area contributed by atoms with Gasteiger partial charge in [0.2, 0.25) is 0 Å². The molecule has 0 aromatic heterocycles. The predicted molar refractivity (Wildman–Crippen MR) is 66.4 cm³/mol. The first-order valence-corrected chi connectivity index (χ1v) is 6.04. The molecule has 4 nitrogen and oxygen atoms in total. The highest BCUT2D eigenvalue weighted by atomic mass is 16.5. The van der Waals surface area contributed by atoms with Crippen molar-refractivity contribution in [2.45, 2.75) is 47.0 Å². The lowest BCUT2D eigenvalue weighted by Crippen LogP contribution is -2.11. The highest BCUT2D eigenvalue weighted by Crippen LogP contribution is 1.97. The fraction of sp³-hybridized carbons (Fsp3) is 0.917. The van der Waals surface area contributed by atoms with Crippen LogP contribution in [0.3, 0.4) is 0 Å². The molecule has 0 saturated carbocycles. The second-order valence-corrected chi connectivity index (χ2v) is 3.93. The van der Waals surface area contributed by atoms with E-state index in [2.05, 4.69) is 31.2 Å². The molecule has 0 unspecified atom stereocenters. The Kier molecular flexibility index (Phi) is 15.7. The molecule has 0 aromatic rings. The summed E-state index contributed by atoms with van der Waals surface area (Å²) in [5.74, 6) is 0.682. The number of nitrogens with two attached hydrogens (primary N) is 1. The predicted octanol–water partition coefficient (Wildman–Crippen LogP) is 2.95. The first-order valence-electron chi connectivity index (χ1n) is 6.04. The van der Waals surface area contributed by atoms with Crippen LogP contribution in [0, 0.1) is 5.92 Å². The highest BCUT2D eigenvalue weighted by molar-refractivity contribution is 5.64. The lowest BCUT2D eigenvalue weighted by Gasteiger charge is -2.05. The van der Waals surface area contributed by atoms with Crippen molar-refractivity contribution in [3.8, 4) is 0 Å². The van der Waals surface area contributed by atoms with Gasteiger partial charge in [-0.15, -0.1) is 0 Å². The molecule has 0 aliphatic heterocycles. The van der Waals surface area contributed by atoms with Crippen LogP contribution < -0.4 is 5.73 Å². The number of amides is 1. The molecule has 0 heterocycles. The summed E-state index contributed by atoms with van der Waals surface area (Å²) in [5, 5.41) is 0. The van der Waals surface area contributed by atoms with Gasteiger partial charge in [-0.3, -0.25) is 0 Å². The molecule has 2 N–H and O–H groups in total. The van der Waals surface area contributed by atoms with Gasteiger partial charge in [-0.25, -0.2) is 4.79 Å². The summed E-state index contributed by atoms with van der Waals surface area (Å²) >= 11 is 0. The summed E-state index contributed by atoms with van der Waals surface area (Å²) < 4.78 is 9.58. The maximum atomic E-state index is 9.60. The fourth-order valence-electron chi connectivity index (χ4n) is 0.915. The summed E-state index contributed by atoms with van der Waals surface area (Å²) in [6.45, 7) is 10.5. The standard InChI is InChI=1S/C9H20O.C3H7NO2/c1-4-5-6-7-10-8-9(2)3;1-2-6-3(4)5/h9H,4-8H2,1-3H3;2H2,1H3,(H2,4,5). The van der Waals surface area contributed by atoms with Crippen LogP contribution in [-0.4, -0.2) is 25.9 Å². The number of carbonyl (C=O) groups excluding carboxylic acids is 1. The Labute approximate surface area is 99.5 Å². The highest BCUT2D eigenvalue weighted by Gasteiger charge is 1.92. The Hall–Kier alpha value is -0.770. The molecular formula is C12H27NO3. The maximum absolute atomic E-state index is 9.60. The van der Waals surface area contributed by atoms with Crippen LogP contribution >= 0.6 is 0 Å². The topological polar surface area (TPSA) is 61.6 Å². The van der Waals surface area contributed by atoms with Crippen molar-refractivity contribution < 1.29 is 14.3 Å². The first-order chi connectivity index (χ1) is 7.54. The minimum atomic E-state index is -0.711. The van der Waals surface area contributed by atoms with Crippen LogP contribution in [-0.2, 0) is 9.47 Å². The molecule has 0 atom stereocenters. The van der Waals surface area contributed by atoms with Gasteiger partial charge >= 0.3 is 6.09 Å². The number of primary amides is 1. The van der Waals surface area contributed by atoms with Crippen molar-refractivity contribution in [2.75, 3.05) is 19.8 Å². The van der Waals surface area contributed by atoms with Crippen molar-refractivity contribution in [1.29, 1.82) is 0 Å². The molecule has 0 rings (SSSR count). The number of unbranched alkanes of at least 4 members (excludes halogenated alkanes) is 2. The summed E-state index contributed by atoms with van der Waals surface area (Å²) in [4.78, 5) is 9.60.